The fourth-order valence-electron chi connectivity index (χ4n) is 2.03. The third-order valence-corrected chi connectivity index (χ3v) is 6.65. The van der Waals surface area contributed by atoms with Gasteiger partial charge in [-0.15, -0.1) is 0 Å². The van der Waals surface area contributed by atoms with Gasteiger partial charge in [-0.25, -0.2) is 0 Å². The SMILES string of the molecule is COc1ccc(-c2cccc[c]2[GeH]([CH3])[CH3])cc1. The summed E-state index contributed by atoms with van der Waals surface area (Å²) in [4.78, 5) is 0. The Kier molecular flexibility index (Phi) is 3.90. The third-order valence-electron chi connectivity index (χ3n) is 2.98. The Balaban J connectivity index is 2.45. The Labute approximate surface area is 108 Å². The minimum absolute atomic E-state index is 0.914. The topological polar surface area (TPSA) is 9.23 Å². The van der Waals surface area contributed by atoms with Gasteiger partial charge in [-0.1, -0.05) is 0 Å². The molecule has 0 aromatic heterocycles. The standard InChI is InChI=1S/C15H18GeO/c1-16(2)15-7-5-4-6-14(15)12-8-10-13(17-3)11-9-12/h4-11,16H,1-3H3. The number of hydrogen-bond acceptors (Lipinski definition) is 1. The van der Waals surface area contributed by atoms with E-state index in [1.807, 2.05) is 12.1 Å². The van der Waals surface area contributed by atoms with E-state index in [0.717, 1.165) is 5.75 Å². The molecule has 0 saturated carbocycles. The first-order valence-electron chi connectivity index (χ1n) is 5.95. The van der Waals surface area contributed by atoms with Crippen LogP contribution >= 0.6 is 0 Å². The van der Waals surface area contributed by atoms with Gasteiger partial charge in [0.15, 0.2) is 0 Å². The zero-order valence-electron chi connectivity index (χ0n) is 10.6. The summed E-state index contributed by atoms with van der Waals surface area (Å²) in [5.41, 5.74) is 2.69. The van der Waals surface area contributed by atoms with Crippen LogP contribution in [0, 0.1) is 0 Å². The summed E-state index contributed by atoms with van der Waals surface area (Å²) in [6, 6.07) is 17.1. The maximum atomic E-state index is 5.19. The Morgan fingerprint density at radius 1 is 0.882 bits per heavy atom. The van der Waals surface area contributed by atoms with E-state index >= 15 is 0 Å². The van der Waals surface area contributed by atoms with E-state index in [9.17, 15) is 0 Å². The van der Waals surface area contributed by atoms with Crippen LogP contribution in [-0.4, -0.2) is 21.5 Å². The zero-order chi connectivity index (χ0) is 12.3. The Bertz CT molecular complexity index is 489. The molecule has 0 fully saturated rings. The molecule has 0 amide bonds. The maximum absolute atomic E-state index is 5.19. The van der Waals surface area contributed by atoms with E-state index < -0.39 is 14.3 Å². The average molecular weight is 287 g/mol. The molecule has 17 heavy (non-hydrogen) atoms. The van der Waals surface area contributed by atoms with E-state index in [0.29, 0.717) is 0 Å². The number of benzene rings is 2. The van der Waals surface area contributed by atoms with Crippen molar-refractivity contribution in [2.75, 3.05) is 7.11 Å². The normalized spacial score (nSPS) is 10.6. The van der Waals surface area contributed by atoms with Crippen LogP contribution in [0.15, 0.2) is 48.5 Å². The van der Waals surface area contributed by atoms with Gasteiger partial charge >= 0.3 is 108 Å². The fourth-order valence-corrected chi connectivity index (χ4v) is 4.93. The summed E-state index contributed by atoms with van der Waals surface area (Å²) in [5, 5.41) is 0. The van der Waals surface area contributed by atoms with Crippen molar-refractivity contribution in [2.45, 2.75) is 11.5 Å². The van der Waals surface area contributed by atoms with Crippen LogP contribution in [0.5, 0.6) is 5.75 Å². The summed E-state index contributed by atoms with van der Waals surface area (Å²) < 4.78 is 6.77. The van der Waals surface area contributed by atoms with Crippen LogP contribution in [0.4, 0.5) is 0 Å². The van der Waals surface area contributed by atoms with Crippen molar-refractivity contribution >= 4 is 18.7 Å². The molecular weight excluding hydrogens is 269 g/mol. The molecule has 2 heteroatoms. The van der Waals surface area contributed by atoms with Crippen molar-refractivity contribution < 1.29 is 4.74 Å². The summed E-state index contributed by atoms with van der Waals surface area (Å²) >= 11 is -1.25. The first kappa shape index (κ1) is 12.2. The van der Waals surface area contributed by atoms with E-state index in [4.69, 9.17) is 4.74 Å². The molecule has 0 aliphatic rings. The van der Waals surface area contributed by atoms with Crippen molar-refractivity contribution in [3.05, 3.63) is 48.5 Å². The summed E-state index contributed by atoms with van der Waals surface area (Å²) in [6.45, 7) is 0. The van der Waals surface area contributed by atoms with Crippen molar-refractivity contribution in [3.63, 3.8) is 0 Å². The summed E-state index contributed by atoms with van der Waals surface area (Å²) in [6.07, 6.45) is 0. The first-order chi connectivity index (χ1) is 8.22. The summed E-state index contributed by atoms with van der Waals surface area (Å²) in [7, 11) is 1.70. The second kappa shape index (κ2) is 5.41. The van der Waals surface area contributed by atoms with E-state index in [1.54, 1.807) is 11.5 Å². The van der Waals surface area contributed by atoms with Crippen molar-refractivity contribution in [2.24, 2.45) is 0 Å². The molecule has 0 unspecified atom stereocenters. The molecule has 2 aromatic carbocycles. The van der Waals surface area contributed by atoms with Gasteiger partial charge in [0.05, 0.1) is 0 Å². The van der Waals surface area contributed by atoms with Crippen molar-refractivity contribution in [3.8, 4) is 16.9 Å². The molecular formula is C15H18GeO. The molecule has 88 valence electrons. The van der Waals surface area contributed by atoms with Gasteiger partial charge in [-0.2, -0.15) is 0 Å². The predicted octanol–water partition coefficient (Wildman–Crippen LogP) is 3.06. The number of rotatable bonds is 3. The molecule has 0 spiro atoms. The van der Waals surface area contributed by atoms with Crippen LogP contribution in [-0.2, 0) is 0 Å². The summed E-state index contributed by atoms with van der Waals surface area (Å²) in [5.74, 6) is 5.74. The van der Waals surface area contributed by atoms with Gasteiger partial charge in [-0.3, -0.25) is 0 Å². The van der Waals surface area contributed by atoms with E-state index in [-0.39, 0.29) is 0 Å². The number of hydrogen-bond donors (Lipinski definition) is 0. The molecule has 0 aliphatic heterocycles. The van der Waals surface area contributed by atoms with Crippen LogP contribution < -0.4 is 9.13 Å². The van der Waals surface area contributed by atoms with E-state index in [1.165, 1.54) is 11.1 Å². The molecule has 0 heterocycles. The average Bonchev–Trinajstić information content (AvgIpc) is 2.39. The van der Waals surface area contributed by atoms with Crippen molar-refractivity contribution in [1.82, 2.24) is 0 Å². The quantitative estimate of drug-likeness (QED) is 0.788. The Morgan fingerprint density at radius 2 is 1.53 bits per heavy atom. The van der Waals surface area contributed by atoms with Crippen LogP contribution in [0.25, 0.3) is 11.1 Å². The monoisotopic (exact) mass is 288 g/mol. The molecule has 0 bridgehead atoms. The number of ether oxygens (including phenoxy) is 1. The molecule has 0 atom stereocenters. The molecule has 0 radical (unpaired) electrons. The van der Waals surface area contributed by atoms with E-state index in [2.05, 4.69) is 47.9 Å². The molecule has 2 aromatic rings. The number of methoxy groups -OCH3 is 1. The van der Waals surface area contributed by atoms with Crippen LogP contribution in [0.3, 0.4) is 0 Å². The Hall–Kier alpha value is -1.22. The molecule has 0 N–H and O–H groups in total. The minimum atomic E-state index is -1.25. The fraction of sp³-hybridized carbons (Fsp3) is 0.200. The van der Waals surface area contributed by atoms with Crippen LogP contribution in [0.1, 0.15) is 0 Å². The third kappa shape index (κ3) is 2.72. The zero-order valence-corrected chi connectivity index (χ0v) is 13.0. The molecule has 1 nitrogen and oxygen atoms in total. The molecule has 0 aliphatic carbocycles. The Morgan fingerprint density at radius 3 is 2.12 bits per heavy atom. The second-order valence-corrected chi connectivity index (χ2v) is 10.6. The van der Waals surface area contributed by atoms with Gasteiger partial charge in [0.25, 0.3) is 0 Å². The first-order valence-corrected chi connectivity index (χ1v) is 12.0. The van der Waals surface area contributed by atoms with Gasteiger partial charge in [0.2, 0.25) is 0 Å². The van der Waals surface area contributed by atoms with Crippen LogP contribution in [0.2, 0.25) is 11.5 Å². The van der Waals surface area contributed by atoms with Gasteiger partial charge in [0.1, 0.15) is 0 Å². The predicted molar refractivity (Wildman–Crippen MR) is 76.9 cm³/mol. The van der Waals surface area contributed by atoms with Gasteiger partial charge in [0, 0.05) is 0 Å². The second-order valence-electron chi connectivity index (χ2n) is 4.47. The van der Waals surface area contributed by atoms with Gasteiger partial charge < -0.3 is 0 Å². The molecule has 2 rings (SSSR count). The van der Waals surface area contributed by atoms with Crippen molar-refractivity contribution in [1.29, 1.82) is 0 Å². The van der Waals surface area contributed by atoms with Gasteiger partial charge in [-0.05, 0) is 0 Å². The molecule has 0 saturated heterocycles.